The first-order valence-corrected chi connectivity index (χ1v) is 9.21. The maximum absolute atomic E-state index is 11.3. The van der Waals surface area contributed by atoms with Crippen LogP contribution < -0.4 is 5.32 Å². The highest BCUT2D eigenvalue weighted by Crippen LogP contribution is 2.18. The highest BCUT2D eigenvalue weighted by Gasteiger charge is 2.10. The predicted molar refractivity (Wildman–Crippen MR) is 88.2 cm³/mol. The van der Waals surface area contributed by atoms with Gasteiger partial charge in [-0.15, -0.1) is 0 Å². The first-order valence-electron chi connectivity index (χ1n) is 7.15. The van der Waals surface area contributed by atoms with Crippen molar-refractivity contribution < 1.29 is 8.42 Å². The van der Waals surface area contributed by atoms with Crippen LogP contribution in [0.25, 0.3) is 10.9 Å². The SMILES string of the molecule is CC(C)(C)NCc1ccc2ccn(CCS(C)(=O)=O)c2c1. The summed E-state index contributed by atoms with van der Waals surface area (Å²) in [6.45, 7) is 7.72. The van der Waals surface area contributed by atoms with Gasteiger partial charge in [-0.05, 0) is 43.9 Å². The Morgan fingerprint density at radius 3 is 2.52 bits per heavy atom. The van der Waals surface area contributed by atoms with Gasteiger partial charge >= 0.3 is 0 Å². The molecule has 0 unspecified atom stereocenters. The first kappa shape index (κ1) is 16.0. The molecule has 1 aromatic heterocycles. The van der Waals surface area contributed by atoms with Crippen molar-refractivity contribution in [3.05, 3.63) is 36.0 Å². The summed E-state index contributed by atoms with van der Waals surface area (Å²) in [7, 11) is -2.94. The molecular weight excluding hydrogens is 284 g/mol. The topological polar surface area (TPSA) is 51.1 Å². The first-order chi connectivity index (χ1) is 9.64. The molecule has 0 spiro atoms. The van der Waals surface area contributed by atoms with Gasteiger partial charge in [0, 0.05) is 36.6 Å². The standard InChI is InChI=1S/C16H24N2O2S/c1-16(2,3)17-12-13-5-6-14-7-8-18(15(14)11-13)9-10-21(4,19)20/h5-8,11,17H,9-10,12H2,1-4H3. The van der Waals surface area contributed by atoms with Crippen molar-refractivity contribution in [2.45, 2.75) is 39.4 Å². The van der Waals surface area contributed by atoms with Crippen molar-refractivity contribution in [3.63, 3.8) is 0 Å². The van der Waals surface area contributed by atoms with Crippen molar-refractivity contribution in [2.75, 3.05) is 12.0 Å². The Labute approximate surface area is 127 Å². The van der Waals surface area contributed by atoms with Gasteiger partial charge in [0.05, 0.1) is 5.75 Å². The number of fused-ring (bicyclic) bond motifs is 1. The molecule has 0 saturated heterocycles. The highest BCUT2D eigenvalue weighted by molar-refractivity contribution is 7.90. The van der Waals surface area contributed by atoms with Gasteiger partial charge in [-0.1, -0.05) is 12.1 Å². The summed E-state index contributed by atoms with van der Waals surface area (Å²) < 4.78 is 24.6. The lowest BCUT2D eigenvalue weighted by atomic mass is 10.1. The van der Waals surface area contributed by atoms with Crippen molar-refractivity contribution in [2.24, 2.45) is 0 Å². The van der Waals surface area contributed by atoms with Gasteiger partial charge in [-0.25, -0.2) is 8.42 Å². The predicted octanol–water partition coefficient (Wildman–Crippen LogP) is 2.57. The fourth-order valence-corrected chi connectivity index (χ4v) is 2.69. The quantitative estimate of drug-likeness (QED) is 0.923. The molecule has 0 saturated carbocycles. The Balaban J connectivity index is 2.20. The summed E-state index contributed by atoms with van der Waals surface area (Å²) in [5.41, 5.74) is 2.37. The highest BCUT2D eigenvalue weighted by atomic mass is 32.2. The molecule has 0 fully saturated rings. The van der Waals surface area contributed by atoms with Crippen LogP contribution in [0.15, 0.2) is 30.5 Å². The Morgan fingerprint density at radius 2 is 1.90 bits per heavy atom. The lowest BCUT2D eigenvalue weighted by molar-refractivity contribution is 0.424. The fourth-order valence-electron chi connectivity index (χ4n) is 2.17. The van der Waals surface area contributed by atoms with Gasteiger partial charge in [0.2, 0.25) is 0 Å². The zero-order valence-electron chi connectivity index (χ0n) is 13.2. The Kier molecular flexibility index (Phi) is 4.44. The molecule has 0 atom stereocenters. The van der Waals surface area contributed by atoms with Crippen molar-refractivity contribution >= 4 is 20.7 Å². The summed E-state index contributed by atoms with van der Waals surface area (Å²) in [4.78, 5) is 0. The fraction of sp³-hybridized carbons (Fsp3) is 0.500. The monoisotopic (exact) mass is 308 g/mol. The van der Waals surface area contributed by atoms with Crippen molar-refractivity contribution in [1.29, 1.82) is 0 Å². The lowest BCUT2D eigenvalue weighted by Crippen LogP contribution is -2.35. The molecule has 21 heavy (non-hydrogen) atoms. The third-order valence-electron chi connectivity index (χ3n) is 3.36. The van der Waals surface area contributed by atoms with Gasteiger partial charge in [0.15, 0.2) is 0 Å². The average molecular weight is 308 g/mol. The number of hydrogen-bond acceptors (Lipinski definition) is 3. The van der Waals surface area contributed by atoms with Crippen LogP contribution in [0.4, 0.5) is 0 Å². The lowest BCUT2D eigenvalue weighted by Gasteiger charge is -2.20. The number of hydrogen-bond donors (Lipinski definition) is 1. The minimum absolute atomic E-state index is 0.0766. The average Bonchev–Trinajstić information content (AvgIpc) is 2.74. The number of aryl methyl sites for hydroxylation is 1. The van der Waals surface area contributed by atoms with E-state index in [0.717, 1.165) is 17.4 Å². The van der Waals surface area contributed by atoms with E-state index >= 15 is 0 Å². The van der Waals surface area contributed by atoms with Crippen LogP contribution in [0.5, 0.6) is 0 Å². The Morgan fingerprint density at radius 1 is 1.19 bits per heavy atom. The van der Waals surface area contributed by atoms with E-state index in [-0.39, 0.29) is 11.3 Å². The second kappa shape index (κ2) is 5.81. The van der Waals surface area contributed by atoms with E-state index in [1.54, 1.807) is 0 Å². The summed E-state index contributed by atoms with van der Waals surface area (Å²) in [6.07, 6.45) is 3.23. The number of nitrogens with one attached hydrogen (secondary N) is 1. The molecule has 0 aliphatic rings. The second-order valence-electron chi connectivity index (χ2n) is 6.64. The van der Waals surface area contributed by atoms with E-state index in [9.17, 15) is 8.42 Å². The van der Waals surface area contributed by atoms with E-state index in [0.29, 0.717) is 6.54 Å². The van der Waals surface area contributed by atoms with Crippen molar-refractivity contribution in [1.82, 2.24) is 9.88 Å². The van der Waals surface area contributed by atoms with Gasteiger partial charge in [0.1, 0.15) is 9.84 Å². The number of nitrogens with zero attached hydrogens (tertiary/aromatic N) is 1. The zero-order valence-corrected chi connectivity index (χ0v) is 14.0. The maximum atomic E-state index is 11.3. The number of sulfone groups is 1. The van der Waals surface area contributed by atoms with E-state index in [4.69, 9.17) is 0 Å². The van der Waals surface area contributed by atoms with Crippen LogP contribution in [0.1, 0.15) is 26.3 Å². The molecule has 2 aromatic rings. The Hall–Kier alpha value is -1.33. The van der Waals surface area contributed by atoms with Crippen molar-refractivity contribution in [3.8, 4) is 0 Å². The molecule has 0 amide bonds. The van der Waals surface area contributed by atoms with Crippen LogP contribution >= 0.6 is 0 Å². The summed E-state index contributed by atoms with van der Waals surface area (Å²) in [6, 6.07) is 8.36. The second-order valence-corrected chi connectivity index (χ2v) is 8.90. The smallest absolute Gasteiger partial charge is 0.149 e. The Bertz CT molecular complexity index is 724. The molecule has 1 heterocycles. The molecule has 0 aliphatic carbocycles. The van der Waals surface area contributed by atoms with E-state index in [2.05, 4.69) is 44.3 Å². The number of aromatic nitrogens is 1. The molecule has 2 rings (SSSR count). The molecule has 0 radical (unpaired) electrons. The van der Waals surface area contributed by atoms with Gasteiger partial charge in [-0.3, -0.25) is 0 Å². The molecule has 116 valence electrons. The molecule has 5 heteroatoms. The van der Waals surface area contributed by atoms with Gasteiger partial charge < -0.3 is 9.88 Å². The van der Waals surface area contributed by atoms with Crippen LogP contribution in [0, 0.1) is 0 Å². The van der Waals surface area contributed by atoms with E-state index in [1.165, 1.54) is 11.8 Å². The largest absolute Gasteiger partial charge is 0.346 e. The van der Waals surface area contributed by atoms with Gasteiger partial charge in [0.25, 0.3) is 0 Å². The molecular formula is C16H24N2O2S. The summed E-state index contributed by atoms with van der Waals surface area (Å²) >= 11 is 0. The van der Waals surface area contributed by atoms with Crippen LogP contribution in [-0.4, -0.2) is 30.5 Å². The van der Waals surface area contributed by atoms with E-state index in [1.807, 2.05) is 16.8 Å². The van der Waals surface area contributed by atoms with Crippen LogP contribution in [-0.2, 0) is 22.9 Å². The molecule has 1 N–H and O–H groups in total. The minimum atomic E-state index is -2.94. The maximum Gasteiger partial charge on any atom is 0.149 e. The number of rotatable bonds is 5. The van der Waals surface area contributed by atoms with Crippen LogP contribution in [0.3, 0.4) is 0 Å². The molecule has 4 nitrogen and oxygen atoms in total. The third-order valence-corrected chi connectivity index (χ3v) is 4.29. The van der Waals surface area contributed by atoms with E-state index < -0.39 is 9.84 Å². The third kappa shape index (κ3) is 4.86. The normalized spacial score (nSPS) is 13.0. The molecule has 0 aliphatic heterocycles. The van der Waals surface area contributed by atoms with Crippen LogP contribution in [0.2, 0.25) is 0 Å². The minimum Gasteiger partial charge on any atom is -0.346 e. The van der Waals surface area contributed by atoms with Gasteiger partial charge in [-0.2, -0.15) is 0 Å². The molecule has 0 bridgehead atoms. The summed E-state index contributed by atoms with van der Waals surface area (Å²) in [5, 5.41) is 4.61. The zero-order chi connectivity index (χ0) is 15.7. The molecule has 1 aromatic carbocycles. The summed E-state index contributed by atoms with van der Waals surface area (Å²) in [5.74, 6) is 0.168. The number of benzene rings is 1.